The van der Waals surface area contributed by atoms with Crippen LogP contribution in [-0.4, -0.2) is 20.4 Å². The van der Waals surface area contributed by atoms with Crippen LogP contribution >= 0.6 is 15.9 Å². The lowest BCUT2D eigenvalue weighted by atomic mass is 9.86. The molecule has 4 nitrogen and oxygen atoms in total. The van der Waals surface area contributed by atoms with E-state index in [2.05, 4.69) is 38.1 Å². The van der Waals surface area contributed by atoms with Gasteiger partial charge in [-0.05, 0) is 34.7 Å². The van der Waals surface area contributed by atoms with Crippen LogP contribution in [0, 0.1) is 5.92 Å². The number of aromatic nitrogens is 3. The van der Waals surface area contributed by atoms with Crippen molar-refractivity contribution in [3.05, 3.63) is 23.2 Å². The minimum atomic E-state index is 0.515. The Balaban J connectivity index is 1.91. The van der Waals surface area contributed by atoms with Crippen LogP contribution in [0.5, 0.6) is 0 Å². The van der Waals surface area contributed by atoms with Crippen molar-refractivity contribution in [3.63, 3.8) is 0 Å². The quantitative estimate of drug-likeness (QED) is 0.923. The average molecular weight is 309 g/mol. The van der Waals surface area contributed by atoms with E-state index in [9.17, 15) is 0 Å². The molecule has 0 amide bonds. The molecule has 1 fully saturated rings. The van der Waals surface area contributed by atoms with Gasteiger partial charge in [-0.25, -0.2) is 9.97 Å². The van der Waals surface area contributed by atoms with Crippen LogP contribution in [0.1, 0.15) is 32.6 Å². The predicted octanol–water partition coefficient (Wildman–Crippen LogP) is 3.48. The maximum Gasteiger partial charge on any atom is 0.180 e. The van der Waals surface area contributed by atoms with E-state index in [0.29, 0.717) is 12.0 Å². The summed E-state index contributed by atoms with van der Waals surface area (Å²) < 4.78 is 2.83. The third-order valence-corrected chi connectivity index (χ3v) is 4.16. The van der Waals surface area contributed by atoms with Crippen molar-refractivity contribution in [2.75, 3.05) is 5.32 Å². The number of hydrogen-bond acceptors (Lipinski definition) is 3. The molecule has 1 saturated carbocycles. The summed E-state index contributed by atoms with van der Waals surface area (Å²) in [6.07, 6.45) is 10.9. The van der Waals surface area contributed by atoms with Crippen LogP contribution < -0.4 is 5.32 Å². The fraction of sp³-hybridized carbons (Fsp3) is 0.538. The van der Waals surface area contributed by atoms with Crippen molar-refractivity contribution in [1.29, 1.82) is 0 Å². The molecule has 0 spiro atoms. The first kappa shape index (κ1) is 12.0. The van der Waals surface area contributed by atoms with Crippen LogP contribution in [0.3, 0.4) is 0 Å². The number of rotatable bonds is 2. The van der Waals surface area contributed by atoms with Crippen LogP contribution in [-0.2, 0) is 0 Å². The first-order valence-electron chi connectivity index (χ1n) is 6.50. The molecule has 96 valence electrons. The van der Waals surface area contributed by atoms with Crippen molar-refractivity contribution in [1.82, 2.24) is 14.4 Å². The van der Waals surface area contributed by atoms with Crippen molar-refractivity contribution in [2.24, 2.45) is 5.92 Å². The summed E-state index contributed by atoms with van der Waals surface area (Å²) in [5.74, 6) is 1.59. The van der Waals surface area contributed by atoms with Gasteiger partial charge >= 0.3 is 0 Å². The summed E-state index contributed by atoms with van der Waals surface area (Å²) in [6, 6.07) is 0.515. The molecule has 1 N–H and O–H groups in total. The number of halogens is 1. The number of fused-ring (bicyclic) bond motifs is 1. The van der Waals surface area contributed by atoms with Gasteiger partial charge < -0.3 is 9.72 Å². The topological polar surface area (TPSA) is 42.2 Å². The van der Waals surface area contributed by atoms with E-state index in [1.807, 2.05) is 16.8 Å². The van der Waals surface area contributed by atoms with Crippen LogP contribution in [0.2, 0.25) is 0 Å². The molecule has 2 heterocycles. The van der Waals surface area contributed by atoms with E-state index in [1.54, 1.807) is 6.20 Å². The highest BCUT2D eigenvalue weighted by Gasteiger charge is 2.22. The highest BCUT2D eigenvalue weighted by Crippen LogP contribution is 2.27. The zero-order chi connectivity index (χ0) is 12.5. The number of hydrogen-bond donors (Lipinski definition) is 1. The van der Waals surface area contributed by atoms with Crippen molar-refractivity contribution >= 4 is 27.4 Å². The molecule has 0 saturated heterocycles. The van der Waals surface area contributed by atoms with Gasteiger partial charge in [0.2, 0.25) is 0 Å². The van der Waals surface area contributed by atoms with Crippen LogP contribution in [0.4, 0.5) is 5.82 Å². The first-order chi connectivity index (χ1) is 8.74. The number of nitrogens with zero attached hydrogens (tertiary/aromatic N) is 3. The largest absolute Gasteiger partial charge is 0.364 e. The summed E-state index contributed by atoms with van der Waals surface area (Å²) in [6.45, 7) is 2.32. The van der Waals surface area contributed by atoms with E-state index < -0.39 is 0 Å². The normalized spacial score (nSPS) is 24.3. The SMILES string of the molecule is CC1CCCCC1Nc1nc(Br)cn2ccnc12. The van der Waals surface area contributed by atoms with Crippen LogP contribution in [0.15, 0.2) is 23.2 Å². The maximum absolute atomic E-state index is 4.52. The maximum atomic E-state index is 4.52. The zero-order valence-electron chi connectivity index (χ0n) is 10.4. The lowest BCUT2D eigenvalue weighted by molar-refractivity contribution is 0.349. The van der Waals surface area contributed by atoms with E-state index >= 15 is 0 Å². The molecule has 0 aromatic carbocycles. The lowest BCUT2D eigenvalue weighted by Gasteiger charge is -2.29. The van der Waals surface area contributed by atoms with Crippen LogP contribution in [0.25, 0.3) is 5.65 Å². The van der Waals surface area contributed by atoms with Gasteiger partial charge in [0, 0.05) is 24.6 Å². The molecule has 0 radical (unpaired) electrons. The van der Waals surface area contributed by atoms with E-state index in [-0.39, 0.29) is 0 Å². The molecule has 1 aliphatic rings. The Kier molecular flexibility index (Phi) is 3.24. The Morgan fingerprint density at radius 2 is 2.22 bits per heavy atom. The molecule has 18 heavy (non-hydrogen) atoms. The van der Waals surface area contributed by atoms with E-state index in [4.69, 9.17) is 0 Å². The monoisotopic (exact) mass is 308 g/mol. The number of imidazole rings is 1. The Morgan fingerprint density at radius 3 is 3.06 bits per heavy atom. The van der Waals surface area contributed by atoms with Crippen molar-refractivity contribution < 1.29 is 0 Å². The van der Waals surface area contributed by atoms with Gasteiger partial charge in [-0.3, -0.25) is 0 Å². The van der Waals surface area contributed by atoms with Gasteiger partial charge in [0.15, 0.2) is 11.5 Å². The molecular weight excluding hydrogens is 292 g/mol. The second kappa shape index (κ2) is 4.88. The van der Waals surface area contributed by atoms with E-state index in [0.717, 1.165) is 16.1 Å². The van der Waals surface area contributed by atoms with Gasteiger partial charge in [0.25, 0.3) is 0 Å². The van der Waals surface area contributed by atoms with Gasteiger partial charge in [-0.1, -0.05) is 19.8 Å². The summed E-state index contributed by atoms with van der Waals surface area (Å²) in [7, 11) is 0. The standard InChI is InChI=1S/C13H17BrN4/c1-9-4-2-3-5-10(9)16-12-13-15-6-7-18(13)8-11(14)17-12/h6-10H,2-5H2,1H3,(H,16,17). The molecule has 5 heteroatoms. The summed E-state index contributed by atoms with van der Waals surface area (Å²) in [4.78, 5) is 8.89. The molecule has 0 aliphatic heterocycles. The fourth-order valence-electron chi connectivity index (χ4n) is 2.70. The summed E-state index contributed by atoms with van der Waals surface area (Å²) >= 11 is 3.45. The molecule has 2 aromatic heterocycles. The van der Waals surface area contributed by atoms with Crippen molar-refractivity contribution in [3.8, 4) is 0 Å². The molecule has 2 aromatic rings. The summed E-state index contributed by atoms with van der Waals surface area (Å²) in [5.41, 5.74) is 0.899. The molecule has 2 atom stereocenters. The highest BCUT2D eigenvalue weighted by atomic mass is 79.9. The molecule has 2 unspecified atom stereocenters. The van der Waals surface area contributed by atoms with Crippen molar-refractivity contribution in [2.45, 2.75) is 38.6 Å². The zero-order valence-corrected chi connectivity index (χ0v) is 12.0. The average Bonchev–Trinajstić information content (AvgIpc) is 2.80. The second-order valence-electron chi connectivity index (χ2n) is 5.08. The second-order valence-corrected chi connectivity index (χ2v) is 5.90. The fourth-order valence-corrected chi connectivity index (χ4v) is 3.10. The first-order valence-corrected chi connectivity index (χ1v) is 7.29. The number of anilines is 1. The Morgan fingerprint density at radius 1 is 1.39 bits per heavy atom. The molecule has 1 aliphatic carbocycles. The third-order valence-electron chi connectivity index (χ3n) is 3.78. The molecule has 0 bridgehead atoms. The predicted molar refractivity (Wildman–Crippen MR) is 75.7 cm³/mol. The van der Waals surface area contributed by atoms with Gasteiger partial charge in [0.1, 0.15) is 4.60 Å². The smallest absolute Gasteiger partial charge is 0.180 e. The Bertz CT molecular complexity index is 551. The van der Waals surface area contributed by atoms with Gasteiger partial charge in [-0.2, -0.15) is 0 Å². The minimum absolute atomic E-state index is 0.515. The third kappa shape index (κ3) is 2.23. The highest BCUT2D eigenvalue weighted by molar-refractivity contribution is 9.10. The minimum Gasteiger partial charge on any atom is -0.364 e. The van der Waals surface area contributed by atoms with E-state index in [1.165, 1.54) is 25.7 Å². The number of nitrogens with one attached hydrogen (secondary N) is 1. The molecular formula is C13H17BrN4. The lowest BCUT2D eigenvalue weighted by Crippen LogP contribution is -2.30. The molecule has 3 rings (SSSR count). The Hall–Kier alpha value is -1.10. The summed E-state index contributed by atoms with van der Waals surface area (Å²) in [5, 5.41) is 3.58. The van der Waals surface area contributed by atoms with Gasteiger partial charge in [0.05, 0.1) is 0 Å². The Labute approximate surface area is 115 Å². The van der Waals surface area contributed by atoms with Gasteiger partial charge in [-0.15, -0.1) is 0 Å².